The summed E-state index contributed by atoms with van der Waals surface area (Å²) in [6.45, 7) is 4.46. The average molecular weight is 425 g/mol. The summed E-state index contributed by atoms with van der Waals surface area (Å²) in [4.78, 5) is 0. The molecule has 0 bridgehead atoms. The molecule has 146 valence electrons. The number of aryl methyl sites for hydroxylation is 2. The van der Waals surface area contributed by atoms with Gasteiger partial charge in [-0.15, -0.1) is 0 Å². The van der Waals surface area contributed by atoms with E-state index in [0.29, 0.717) is 22.3 Å². The Bertz CT molecular complexity index is 1160. The first-order valence-electron chi connectivity index (χ1n) is 9.26. The Labute approximate surface area is 179 Å². The summed E-state index contributed by atoms with van der Waals surface area (Å²) in [5.41, 5.74) is 6.53. The van der Waals surface area contributed by atoms with E-state index in [1.807, 2.05) is 67.1 Å². The molecule has 1 aromatic heterocycles. The van der Waals surface area contributed by atoms with Crippen LogP contribution in [0.4, 0.5) is 4.39 Å². The number of hydrogen-bond donors (Lipinski definition) is 0. The molecule has 0 saturated carbocycles. The van der Waals surface area contributed by atoms with Crippen molar-refractivity contribution in [1.82, 2.24) is 9.78 Å². The van der Waals surface area contributed by atoms with Crippen molar-refractivity contribution >= 4 is 23.2 Å². The van der Waals surface area contributed by atoms with Gasteiger partial charge in [-0.2, -0.15) is 5.10 Å². The summed E-state index contributed by atoms with van der Waals surface area (Å²) >= 11 is 13.1. The van der Waals surface area contributed by atoms with Gasteiger partial charge >= 0.3 is 0 Å². The SMILES string of the molecule is Cc1ccc(-c2nn(Cc3ccc(F)cc3Cl)c(-c3ccc(C)cc3)c2Cl)cc1. The Hall–Kier alpha value is -2.62. The van der Waals surface area contributed by atoms with Gasteiger partial charge in [0, 0.05) is 16.1 Å². The highest BCUT2D eigenvalue weighted by Crippen LogP contribution is 2.37. The van der Waals surface area contributed by atoms with Crippen LogP contribution in [-0.2, 0) is 6.54 Å². The first-order chi connectivity index (χ1) is 13.9. The summed E-state index contributed by atoms with van der Waals surface area (Å²) in [5.74, 6) is -0.364. The second-order valence-electron chi connectivity index (χ2n) is 7.14. The van der Waals surface area contributed by atoms with Crippen LogP contribution in [0.3, 0.4) is 0 Å². The van der Waals surface area contributed by atoms with E-state index in [0.717, 1.165) is 27.9 Å². The maximum absolute atomic E-state index is 13.5. The summed E-state index contributed by atoms with van der Waals surface area (Å²) in [5, 5.41) is 5.74. The van der Waals surface area contributed by atoms with Crippen molar-refractivity contribution in [1.29, 1.82) is 0 Å². The molecule has 0 N–H and O–H groups in total. The van der Waals surface area contributed by atoms with Crippen molar-refractivity contribution in [2.45, 2.75) is 20.4 Å². The molecule has 0 spiro atoms. The third-order valence-corrected chi connectivity index (χ3v) is 5.59. The maximum Gasteiger partial charge on any atom is 0.124 e. The lowest BCUT2D eigenvalue weighted by Crippen LogP contribution is -2.05. The van der Waals surface area contributed by atoms with Crippen LogP contribution in [0.25, 0.3) is 22.5 Å². The van der Waals surface area contributed by atoms with Gasteiger partial charge in [-0.25, -0.2) is 4.39 Å². The lowest BCUT2D eigenvalue weighted by molar-refractivity contribution is 0.625. The van der Waals surface area contributed by atoms with E-state index in [4.69, 9.17) is 28.3 Å². The zero-order valence-electron chi connectivity index (χ0n) is 16.1. The van der Waals surface area contributed by atoms with Crippen molar-refractivity contribution in [3.8, 4) is 22.5 Å². The number of nitrogens with zero attached hydrogens (tertiary/aromatic N) is 2. The molecule has 3 aromatic carbocycles. The van der Waals surface area contributed by atoms with Gasteiger partial charge in [-0.05, 0) is 31.5 Å². The van der Waals surface area contributed by atoms with Crippen LogP contribution >= 0.6 is 23.2 Å². The van der Waals surface area contributed by atoms with Crippen molar-refractivity contribution in [2.24, 2.45) is 0 Å². The Kier molecular flexibility index (Phi) is 5.44. The van der Waals surface area contributed by atoms with Gasteiger partial charge in [-0.1, -0.05) is 88.9 Å². The van der Waals surface area contributed by atoms with Crippen LogP contribution in [0.5, 0.6) is 0 Å². The van der Waals surface area contributed by atoms with Gasteiger partial charge in [-0.3, -0.25) is 4.68 Å². The molecule has 4 rings (SSSR count). The summed E-state index contributed by atoms with van der Waals surface area (Å²) in [7, 11) is 0. The van der Waals surface area contributed by atoms with Crippen molar-refractivity contribution < 1.29 is 4.39 Å². The molecule has 2 nitrogen and oxygen atoms in total. The topological polar surface area (TPSA) is 17.8 Å². The normalized spacial score (nSPS) is 11.1. The fourth-order valence-electron chi connectivity index (χ4n) is 3.25. The van der Waals surface area contributed by atoms with Crippen LogP contribution in [0.2, 0.25) is 10.0 Å². The fraction of sp³-hybridized carbons (Fsp3) is 0.125. The molecule has 0 amide bonds. The van der Waals surface area contributed by atoms with Gasteiger partial charge < -0.3 is 0 Å². The molecule has 29 heavy (non-hydrogen) atoms. The van der Waals surface area contributed by atoms with Crippen LogP contribution in [0.15, 0.2) is 66.7 Å². The van der Waals surface area contributed by atoms with Crippen LogP contribution < -0.4 is 0 Å². The quantitative estimate of drug-likeness (QED) is 0.335. The van der Waals surface area contributed by atoms with Gasteiger partial charge in [0.25, 0.3) is 0 Å². The van der Waals surface area contributed by atoms with E-state index < -0.39 is 0 Å². The Balaban J connectivity index is 1.86. The highest BCUT2D eigenvalue weighted by Gasteiger charge is 2.20. The van der Waals surface area contributed by atoms with E-state index in [1.165, 1.54) is 17.7 Å². The maximum atomic E-state index is 13.5. The number of halogens is 3. The minimum Gasteiger partial charge on any atom is -0.258 e. The Morgan fingerprint density at radius 3 is 2.00 bits per heavy atom. The van der Waals surface area contributed by atoms with Gasteiger partial charge in [0.1, 0.15) is 11.5 Å². The second kappa shape index (κ2) is 8.02. The monoisotopic (exact) mass is 424 g/mol. The zero-order valence-corrected chi connectivity index (χ0v) is 17.6. The van der Waals surface area contributed by atoms with E-state index in [9.17, 15) is 4.39 Å². The highest BCUT2D eigenvalue weighted by atomic mass is 35.5. The largest absolute Gasteiger partial charge is 0.258 e. The van der Waals surface area contributed by atoms with Crippen molar-refractivity contribution in [3.05, 3.63) is 99.3 Å². The molecular weight excluding hydrogens is 406 g/mol. The minimum atomic E-state index is -0.364. The first kappa shape index (κ1) is 19.7. The van der Waals surface area contributed by atoms with E-state index in [-0.39, 0.29) is 5.82 Å². The average Bonchev–Trinajstić information content (AvgIpc) is 3.01. The Morgan fingerprint density at radius 1 is 0.828 bits per heavy atom. The molecule has 0 atom stereocenters. The molecule has 0 radical (unpaired) electrons. The molecule has 5 heteroatoms. The molecule has 0 aliphatic rings. The highest BCUT2D eigenvalue weighted by molar-refractivity contribution is 6.35. The smallest absolute Gasteiger partial charge is 0.124 e. The van der Waals surface area contributed by atoms with Crippen LogP contribution in [-0.4, -0.2) is 9.78 Å². The number of rotatable bonds is 4. The van der Waals surface area contributed by atoms with Gasteiger partial charge in [0.2, 0.25) is 0 Å². The van der Waals surface area contributed by atoms with E-state index >= 15 is 0 Å². The third-order valence-electron chi connectivity index (χ3n) is 4.88. The van der Waals surface area contributed by atoms with E-state index in [2.05, 4.69) is 0 Å². The Morgan fingerprint density at radius 2 is 1.41 bits per heavy atom. The van der Waals surface area contributed by atoms with Gasteiger partial charge in [0.15, 0.2) is 0 Å². The van der Waals surface area contributed by atoms with Crippen LogP contribution in [0, 0.1) is 19.7 Å². The molecule has 0 saturated heterocycles. The zero-order chi connectivity index (χ0) is 20.5. The lowest BCUT2D eigenvalue weighted by Gasteiger charge is -2.10. The molecular formula is C24H19Cl2FN2. The molecule has 0 fully saturated rings. The molecule has 0 unspecified atom stereocenters. The minimum absolute atomic E-state index is 0.364. The number of benzene rings is 3. The summed E-state index contributed by atoms with van der Waals surface area (Å²) in [6.07, 6.45) is 0. The second-order valence-corrected chi connectivity index (χ2v) is 7.92. The van der Waals surface area contributed by atoms with E-state index in [1.54, 1.807) is 6.07 Å². The fourth-order valence-corrected chi connectivity index (χ4v) is 3.83. The lowest BCUT2D eigenvalue weighted by atomic mass is 10.1. The van der Waals surface area contributed by atoms with Crippen molar-refractivity contribution in [2.75, 3.05) is 0 Å². The first-order valence-corrected chi connectivity index (χ1v) is 10.0. The standard InChI is InChI=1S/C24H19Cl2FN2/c1-15-3-7-17(8-4-15)23-22(26)24(18-9-5-16(2)6-10-18)29(28-23)14-19-11-12-20(27)13-21(19)25/h3-13H,14H2,1-2H3. The molecule has 4 aromatic rings. The molecule has 0 aliphatic carbocycles. The van der Waals surface area contributed by atoms with Crippen LogP contribution in [0.1, 0.15) is 16.7 Å². The molecule has 1 heterocycles. The molecule has 0 aliphatic heterocycles. The summed E-state index contributed by atoms with van der Waals surface area (Å²) in [6, 6.07) is 20.6. The van der Waals surface area contributed by atoms with Crippen molar-refractivity contribution in [3.63, 3.8) is 0 Å². The van der Waals surface area contributed by atoms with Gasteiger partial charge in [0.05, 0.1) is 17.3 Å². The number of hydrogen-bond acceptors (Lipinski definition) is 1. The predicted molar refractivity (Wildman–Crippen MR) is 118 cm³/mol. The summed E-state index contributed by atoms with van der Waals surface area (Å²) < 4.78 is 15.3. The number of aromatic nitrogens is 2. The predicted octanol–water partition coefficient (Wildman–Crippen LogP) is 7.33. The third kappa shape index (κ3) is 4.07.